The fourth-order valence-electron chi connectivity index (χ4n) is 4.32. The number of aromatic nitrogens is 4. The first-order chi connectivity index (χ1) is 14.5. The molecule has 7 heteroatoms. The Labute approximate surface area is 178 Å². The van der Waals surface area contributed by atoms with Gasteiger partial charge in [-0.3, -0.25) is 9.48 Å². The zero-order valence-corrected chi connectivity index (χ0v) is 17.0. The molecule has 5 rings (SSSR count). The summed E-state index contributed by atoms with van der Waals surface area (Å²) in [7, 11) is 0. The van der Waals surface area contributed by atoms with E-state index in [2.05, 4.69) is 35.2 Å². The summed E-state index contributed by atoms with van der Waals surface area (Å²) in [5.41, 5.74) is 3.11. The van der Waals surface area contributed by atoms with Crippen molar-refractivity contribution in [2.75, 3.05) is 0 Å². The van der Waals surface area contributed by atoms with Crippen LogP contribution in [-0.2, 0) is 6.54 Å². The number of aryl methyl sites for hydroxylation is 1. The van der Waals surface area contributed by atoms with E-state index in [1.54, 1.807) is 10.9 Å². The van der Waals surface area contributed by atoms with Crippen molar-refractivity contribution in [1.82, 2.24) is 19.3 Å². The van der Waals surface area contributed by atoms with Crippen LogP contribution in [0.5, 0.6) is 5.75 Å². The van der Waals surface area contributed by atoms with E-state index in [0.717, 1.165) is 22.9 Å². The average Bonchev–Trinajstić information content (AvgIpc) is 3.19. The molecule has 0 spiro atoms. The van der Waals surface area contributed by atoms with Gasteiger partial charge in [0.25, 0.3) is 0 Å². The fraction of sp³-hybridized carbons (Fsp3) is 0.174. The molecule has 1 N–H and O–H groups in total. The lowest BCUT2D eigenvalue weighted by atomic mass is 9.83. The summed E-state index contributed by atoms with van der Waals surface area (Å²) in [6, 6.07) is 15.9. The standard InChI is InChI=1S/C23H19ClN4O2/c1-14-4-2-5-15(10-14)20(16-6-3-7-17(24)11-16)18-13-27-9-8-25-23(27)21-22(30)19(29)12-26-28(18)21/h2-12,18,20,30H,13H2,1H3/t18-,20?/m0/s1. The van der Waals surface area contributed by atoms with Gasteiger partial charge < -0.3 is 9.67 Å². The van der Waals surface area contributed by atoms with Crippen LogP contribution >= 0.6 is 11.6 Å². The van der Waals surface area contributed by atoms with E-state index in [1.165, 1.54) is 0 Å². The number of imidazole rings is 1. The van der Waals surface area contributed by atoms with Crippen LogP contribution in [0.1, 0.15) is 28.7 Å². The van der Waals surface area contributed by atoms with Gasteiger partial charge >= 0.3 is 0 Å². The summed E-state index contributed by atoms with van der Waals surface area (Å²) in [6.45, 7) is 2.64. The van der Waals surface area contributed by atoms with Crippen LogP contribution in [-0.4, -0.2) is 24.4 Å². The molecule has 2 atom stereocenters. The molecule has 2 aromatic carbocycles. The molecule has 0 saturated heterocycles. The SMILES string of the molecule is Cc1cccc(C(c2cccc(Cl)c2)[C@@H]2Cn3ccnc3-c3c(O)c(=O)cnn32)c1. The predicted molar refractivity (Wildman–Crippen MR) is 115 cm³/mol. The van der Waals surface area contributed by atoms with Gasteiger partial charge in [-0.05, 0) is 30.2 Å². The molecular weight excluding hydrogens is 400 g/mol. The van der Waals surface area contributed by atoms with Gasteiger partial charge in [-0.1, -0.05) is 53.6 Å². The first kappa shape index (κ1) is 18.6. The van der Waals surface area contributed by atoms with Crippen molar-refractivity contribution in [3.63, 3.8) is 0 Å². The highest BCUT2D eigenvalue weighted by Crippen LogP contribution is 2.42. The highest BCUT2D eigenvalue weighted by Gasteiger charge is 2.35. The Hall–Kier alpha value is -3.38. The summed E-state index contributed by atoms with van der Waals surface area (Å²) in [5, 5.41) is 15.7. The van der Waals surface area contributed by atoms with Crippen molar-refractivity contribution in [3.8, 4) is 17.3 Å². The summed E-state index contributed by atoms with van der Waals surface area (Å²) < 4.78 is 3.68. The van der Waals surface area contributed by atoms with Gasteiger partial charge in [-0.2, -0.15) is 5.10 Å². The lowest BCUT2D eigenvalue weighted by Gasteiger charge is -2.35. The minimum atomic E-state index is -0.522. The molecule has 1 aliphatic rings. The molecule has 3 heterocycles. The van der Waals surface area contributed by atoms with Crippen LogP contribution in [0.4, 0.5) is 0 Å². The van der Waals surface area contributed by atoms with Crippen molar-refractivity contribution in [1.29, 1.82) is 0 Å². The monoisotopic (exact) mass is 418 g/mol. The number of aromatic hydroxyl groups is 1. The molecule has 2 aromatic heterocycles. The lowest BCUT2D eigenvalue weighted by molar-refractivity contribution is 0.331. The zero-order chi connectivity index (χ0) is 20.8. The molecule has 0 saturated carbocycles. The Morgan fingerprint density at radius 1 is 1.17 bits per heavy atom. The van der Waals surface area contributed by atoms with Gasteiger partial charge in [0, 0.05) is 29.9 Å². The van der Waals surface area contributed by atoms with E-state index >= 15 is 0 Å². The summed E-state index contributed by atoms with van der Waals surface area (Å²) in [4.78, 5) is 16.5. The van der Waals surface area contributed by atoms with Crippen molar-refractivity contribution >= 4 is 11.6 Å². The second-order valence-electron chi connectivity index (χ2n) is 7.57. The topological polar surface area (TPSA) is 72.9 Å². The molecule has 0 fully saturated rings. The normalized spacial score (nSPS) is 16.0. The molecule has 1 aliphatic heterocycles. The van der Waals surface area contributed by atoms with Gasteiger partial charge in [0.1, 0.15) is 5.69 Å². The predicted octanol–water partition coefficient (Wildman–Crippen LogP) is 4.16. The van der Waals surface area contributed by atoms with Crippen LogP contribution in [0, 0.1) is 6.92 Å². The summed E-state index contributed by atoms with van der Waals surface area (Å²) in [6.07, 6.45) is 4.68. The minimum Gasteiger partial charge on any atom is -0.503 e. The van der Waals surface area contributed by atoms with E-state index in [0.29, 0.717) is 23.1 Å². The number of nitrogens with zero attached hydrogens (tertiary/aromatic N) is 4. The van der Waals surface area contributed by atoms with Crippen LogP contribution in [0.2, 0.25) is 5.02 Å². The molecule has 1 unspecified atom stereocenters. The number of fused-ring (bicyclic) bond motifs is 3. The summed E-state index contributed by atoms with van der Waals surface area (Å²) in [5.74, 6) is 0.0894. The van der Waals surface area contributed by atoms with Crippen molar-refractivity contribution in [2.45, 2.75) is 25.4 Å². The maximum absolute atomic E-state index is 12.1. The molecule has 0 bridgehead atoms. The van der Waals surface area contributed by atoms with Crippen LogP contribution in [0.25, 0.3) is 11.5 Å². The third-order valence-electron chi connectivity index (χ3n) is 5.61. The number of hydrogen-bond acceptors (Lipinski definition) is 4. The molecule has 4 aromatic rings. The van der Waals surface area contributed by atoms with E-state index in [4.69, 9.17) is 11.6 Å². The Morgan fingerprint density at radius 2 is 1.93 bits per heavy atom. The third kappa shape index (κ3) is 3.00. The van der Waals surface area contributed by atoms with Crippen LogP contribution in [0.15, 0.2) is 71.9 Å². The molecule has 150 valence electrons. The lowest BCUT2D eigenvalue weighted by Crippen LogP contribution is -2.32. The van der Waals surface area contributed by atoms with Gasteiger partial charge in [0.15, 0.2) is 11.6 Å². The van der Waals surface area contributed by atoms with Gasteiger partial charge in [0.05, 0.1) is 12.2 Å². The van der Waals surface area contributed by atoms with Gasteiger partial charge in [-0.15, -0.1) is 0 Å². The van der Waals surface area contributed by atoms with Gasteiger partial charge in [-0.25, -0.2) is 4.98 Å². The molecule has 0 amide bonds. The highest BCUT2D eigenvalue weighted by molar-refractivity contribution is 6.30. The molecule has 0 aliphatic carbocycles. The minimum absolute atomic E-state index is 0.104. The first-order valence-corrected chi connectivity index (χ1v) is 10.0. The zero-order valence-electron chi connectivity index (χ0n) is 16.2. The van der Waals surface area contributed by atoms with Crippen molar-refractivity contribution in [2.24, 2.45) is 0 Å². The molecule has 30 heavy (non-hydrogen) atoms. The maximum Gasteiger partial charge on any atom is 0.242 e. The molecule has 0 radical (unpaired) electrons. The van der Waals surface area contributed by atoms with E-state index < -0.39 is 5.43 Å². The van der Waals surface area contributed by atoms with Gasteiger partial charge in [0.2, 0.25) is 5.43 Å². The smallest absolute Gasteiger partial charge is 0.242 e. The third-order valence-corrected chi connectivity index (χ3v) is 5.84. The Morgan fingerprint density at radius 3 is 2.70 bits per heavy atom. The summed E-state index contributed by atoms with van der Waals surface area (Å²) >= 11 is 6.34. The first-order valence-electron chi connectivity index (χ1n) is 9.67. The van der Waals surface area contributed by atoms with E-state index in [9.17, 15) is 9.90 Å². The second-order valence-corrected chi connectivity index (χ2v) is 8.00. The highest BCUT2D eigenvalue weighted by atomic mass is 35.5. The average molecular weight is 419 g/mol. The molecule has 6 nitrogen and oxygen atoms in total. The number of halogens is 1. The fourth-order valence-corrected chi connectivity index (χ4v) is 4.52. The Kier molecular flexibility index (Phi) is 4.44. The van der Waals surface area contributed by atoms with Crippen LogP contribution < -0.4 is 5.43 Å². The Balaban J connectivity index is 1.77. The van der Waals surface area contributed by atoms with E-state index in [-0.39, 0.29) is 17.7 Å². The Bertz CT molecular complexity index is 1270. The molecular formula is C23H19ClN4O2. The maximum atomic E-state index is 12.1. The van der Waals surface area contributed by atoms with E-state index in [1.807, 2.05) is 41.1 Å². The van der Waals surface area contributed by atoms with Crippen molar-refractivity contribution < 1.29 is 5.11 Å². The number of rotatable bonds is 3. The largest absolute Gasteiger partial charge is 0.503 e. The second kappa shape index (κ2) is 7.15. The number of benzene rings is 2. The number of hydrogen-bond donors (Lipinski definition) is 1. The van der Waals surface area contributed by atoms with Crippen molar-refractivity contribution in [3.05, 3.63) is 99.1 Å². The van der Waals surface area contributed by atoms with Crippen LogP contribution in [0.3, 0.4) is 0 Å². The quantitative estimate of drug-likeness (QED) is 0.542.